The van der Waals surface area contributed by atoms with Gasteiger partial charge in [0.1, 0.15) is 6.07 Å². The van der Waals surface area contributed by atoms with E-state index in [4.69, 9.17) is 11.0 Å². The van der Waals surface area contributed by atoms with Crippen LogP contribution in [0.2, 0.25) is 0 Å². The van der Waals surface area contributed by atoms with Crippen LogP contribution in [0, 0.1) is 11.3 Å². The summed E-state index contributed by atoms with van der Waals surface area (Å²) in [7, 11) is 0. The van der Waals surface area contributed by atoms with E-state index in [2.05, 4.69) is 37.9 Å². The molecule has 17 heavy (non-hydrogen) atoms. The SMILES string of the molecule is CC(C)(C)c1cccc2c(N)c(C#N)cnc12. The number of para-hydroxylation sites is 1. The molecular weight excluding hydrogens is 210 g/mol. The van der Waals surface area contributed by atoms with Crippen molar-refractivity contribution in [3.05, 3.63) is 35.5 Å². The van der Waals surface area contributed by atoms with Crippen molar-refractivity contribution in [1.29, 1.82) is 5.26 Å². The second-order valence-electron chi connectivity index (χ2n) is 5.15. The Hall–Kier alpha value is -2.08. The number of hydrogen-bond acceptors (Lipinski definition) is 3. The summed E-state index contributed by atoms with van der Waals surface area (Å²) in [5.74, 6) is 0. The number of fused-ring (bicyclic) bond motifs is 1. The maximum absolute atomic E-state index is 8.94. The molecule has 3 nitrogen and oxygen atoms in total. The molecule has 0 atom stereocenters. The number of pyridine rings is 1. The minimum Gasteiger partial charge on any atom is -0.397 e. The lowest BCUT2D eigenvalue weighted by atomic mass is 9.85. The van der Waals surface area contributed by atoms with Gasteiger partial charge in [0.25, 0.3) is 0 Å². The zero-order chi connectivity index (χ0) is 12.6. The van der Waals surface area contributed by atoms with Crippen molar-refractivity contribution in [3.63, 3.8) is 0 Å². The Kier molecular flexibility index (Phi) is 2.51. The van der Waals surface area contributed by atoms with Gasteiger partial charge in [-0.1, -0.05) is 39.0 Å². The molecule has 86 valence electrons. The second kappa shape index (κ2) is 3.74. The molecule has 0 unspecified atom stereocenters. The fourth-order valence-corrected chi connectivity index (χ4v) is 1.94. The molecule has 2 rings (SSSR count). The van der Waals surface area contributed by atoms with Crippen LogP contribution in [-0.4, -0.2) is 4.98 Å². The van der Waals surface area contributed by atoms with Gasteiger partial charge in [0.15, 0.2) is 0 Å². The van der Waals surface area contributed by atoms with Crippen LogP contribution in [-0.2, 0) is 5.41 Å². The van der Waals surface area contributed by atoms with Gasteiger partial charge in [0.05, 0.1) is 16.8 Å². The van der Waals surface area contributed by atoms with Crippen LogP contribution in [0.5, 0.6) is 0 Å². The summed E-state index contributed by atoms with van der Waals surface area (Å²) in [6, 6.07) is 7.99. The van der Waals surface area contributed by atoms with Crippen LogP contribution in [0.4, 0.5) is 5.69 Å². The number of benzene rings is 1. The third kappa shape index (κ3) is 1.83. The monoisotopic (exact) mass is 225 g/mol. The number of aromatic nitrogens is 1. The number of nitrogen functional groups attached to an aromatic ring is 1. The lowest BCUT2D eigenvalue weighted by molar-refractivity contribution is 0.594. The first-order valence-electron chi connectivity index (χ1n) is 5.53. The van der Waals surface area contributed by atoms with Gasteiger partial charge in [-0.25, -0.2) is 0 Å². The Labute approximate surface area is 101 Å². The molecule has 0 saturated heterocycles. The average Bonchev–Trinajstić information content (AvgIpc) is 2.28. The van der Waals surface area contributed by atoms with Crippen LogP contribution in [0.3, 0.4) is 0 Å². The lowest BCUT2D eigenvalue weighted by Crippen LogP contribution is -2.12. The van der Waals surface area contributed by atoms with E-state index in [1.165, 1.54) is 0 Å². The predicted octanol–water partition coefficient (Wildman–Crippen LogP) is 2.99. The van der Waals surface area contributed by atoms with E-state index >= 15 is 0 Å². The maximum atomic E-state index is 8.94. The van der Waals surface area contributed by atoms with Crippen LogP contribution in [0.25, 0.3) is 10.9 Å². The molecule has 1 aromatic heterocycles. The van der Waals surface area contributed by atoms with Gasteiger partial charge < -0.3 is 5.73 Å². The van der Waals surface area contributed by atoms with Crippen molar-refractivity contribution in [1.82, 2.24) is 4.98 Å². The largest absolute Gasteiger partial charge is 0.397 e. The third-order valence-corrected chi connectivity index (χ3v) is 2.87. The standard InChI is InChI=1S/C14H15N3/c1-14(2,3)11-6-4-5-10-12(16)9(7-15)8-17-13(10)11/h4-6,8H,1-3H3,(H2,16,17). The molecule has 1 heterocycles. The Bertz CT molecular complexity index is 616. The normalized spacial score (nSPS) is 11.4. The molecule has 0 fully saturated rings. The molecule has 2 N–H and O–H groups in total. The molecule has 0 amide bonds. The molecule has 0 bridgehead atoms. The molecule has 3 heteroatoms. The van der Waals surface area contributed by atoms with Crippen LogP contribution in [0.15, 0.2) is 24.4 Å². The number of nitriles is 1. The number of hydrogen-bond donors (Lipinski definition) is 1. The highest BCUT2D eigenvalue weighted by molar-refractivity contribution is 5.94. The molecule has 0 spiro atoms. The van der Waals surface area contributed by atoms with Gasteiger partial charge in [-0.2, -0.15) is 5.26 Å². The molecule has 0 aliphatic carbocycles. The van der Waals surface area contributed by atoms with Gasteiger partial charge >= 0.3 is 0 Å². The number of nitrogens with two attached hydrogens (primary N) is 1. The molecule has 1 aromatic carbocycles. The summed E-state index contributed by atoms with van der Waals surface area (Å²) < 4.78 is 0. The Balaban J connectivity index is 2.86. The molecule has 0 radical (unpaired) electrons. The Morgan fingerprint density at radius 3 is 2.59 bits per heavy atom. The fourth-order valence-electron chi connectivity index (χ4n) is 1.94. The zero-order valence-electron chi connectivity index (χ0n) is 10.3. The van der Waals surface area contributed by atoms with Crippen molar-refractivity contribution >= 4 is 16.6 Å². The smallest absolute Gasteiger partial charge is 0.103 e. The van der Waals surface area contributed by atoms with E-state index in [0.717, 1.165) is 16.5 Å². The van der Waals surface area contributed by atoms with E-state index in [1.54, 1.807) is 6.20 Å². The molecule has 0 saturated carbocycles. The minimum atomic E-state index is 0.00705. The average molecular weight is 225 g/mol. The Morgan fingerprint density at radius 1 is 1.29 bits per heavy atom. The summed E-state index contributed by atoms with van der Waals surface area (Å²) >= 11 is 0. The van der Waals surface area contributed by atoms with Gasteiger partial charge in [0, 0.05) is 11.6 Å². The highest BCUT2D eigenvalue weighted by atomic mass is 14.7. The number of nitrogens with zero attached hydrogens (tertiary/aromatic N) is 2. The first-order chi connectivity index (χ1) is 7.95. The van der Waals surface area contributed by atoms with Crippen molar-refractivity contribution in [3.8, 4) is 6.07 Å². The van der Waals surface area contributed by atoms with E-state index < -0.39 is 0 Å². The number of anilines is 1. The van der Waals surface area contributed by atoms with Crippen LogP contribution >= 0.6 is 0 Å². The van der Waals surface area contributed by atoms with Gasteiger partial charge in [-0.05, 0) is 11.0 Å². The van der Waals surface area contributed by atoms with Gasteiger partial charge in [-0.3, -0.25) is 4.98 Å². The zero-order valence-corrected chi connectivity index (χ0v) is 10.3. The molecular formula is C14H15N3. The predicted molar refractivity (Wildman–Crippen MR) is 69.6 cm³/mol. The topological polar surface area (TPSA) is 62.7 Å². The van der Waals surface area contributed by atoms with E-state index in [1.807, 2.05) is 12.1 Å². The fraction of sp³-hybridized carbons (Fsp3) is 0.286. The first-order valence-corrected chi connectivity index (χ1v) is 5.53. The maximum Gasteiger partial charge on any atom is 0.103 e. The summed E-state index contributed by atoms with van der Waals surface area (Å²) in [6.07, 6.45) is 1.55. The summed E-state index contributed by atoms with van der Waals surface area (Å²) in [5, 5.41) is 9.79. The van der Waals surface area contributed by atoms with E-state index in [0.29, 0.717) is 11.3 Å². The van der Waals surface area contributed by atoms with Gasteiger partial charge in [0.2, 0.25) is 0 Å². The third-order valence-electron chi connectivity index (χ3n) is 2.87. The molecule has 0 aliphatic rings. The van der Waals surface area contributed by atoms with Crippen molar-refractivity contribution in [2.24, 2.45) is 0 Å². The van der Waals surface area contributed by atoms with E-state index in [9.17, 15) is 0 Å². The van der Waals surface area contributed by atoms with Gasteiger partial charge in [-0.15, -0.1) is 0 Å². The van der Waals surface area contributed by atoms with Crippen molar-refractivity contribution in [2.75, 3.05) is 5.73 Å². The van der Waals surface area contributed by atoms with Crippen molar-refractivity contribution < 1.29 is 0 Å². The van der Waals surface area contributed by atoms with Crippen LogP contribution in [0.1, 0.15) is 31.9 Å². The van der Waals surface area contributed by atoms with Crippen molar-refractivity contribution in [2.45, 2.75) is 26.2 Å². The minimum absolute atomic E-state index is 0.00705. The van der Waals surface area contributed by atoms with Crippen LogP contribution < -0.4 is 5.73 Å². The quantitative estimate of drug-likeness (QED) is 0.749. The Morgan fingerprint density at radius 2 is 2.00 bits per heavy atom. The lowest BCUT2D eigenvalue weighted by Gasteiger charge is -2.21. The van der Waals surface area contributed by atoms with E-state index in [-0.39, 0.29) is 5.41 Å². The summed E-state index contributed by atoms with van der Waals surface area (Å²) in [5.41, 5.74) is 8.97. The highest BCUT2D eigenvalue weighted by Gasteiger charge is 2.18. The second-order valence-corrected chi connectivity index (χ2v) is 5.15. The summed E-state index contributed by atoms with van der Waals surface area (Å²) in [4.78, 5) is 4.38. The number of rotatable bonds is 0. The highest BCUT2D eigenvalue weighted by Crippen LogP contribution is 2.31. The summed E-state index contributed by atoms with van der Waals surface area (Å²) in [6.45, 7) is 6.41. The molecule has 2 aromatic rings. The molecule has 0 aliphatic heterocycles. The first kappa shape index (κ1) is 11.4.